The van der Waals surface area contributed by atoms with Crippen molar-refractivity contribution in [2.24, 2.45) is 0 Å². The number of nitrogen functional groups attached to an aromatic ring is 1. The van der Waals surface area contributed by atoms with Crippen LogP contribution in [-0.2, 0) is 12.8 Å². The molecule has 1 aliphatic heterocycles. The number of halogens is 1. The largest absolute Gasteiger partial charge is 0.492 e. The third-order valence-electron chi connectivity index (χ3n) is 7.09. The molecule has 2 aromatic heterocycles. The highest BCUT2D eigenvalue weighted by molar-refractivity contribution is 6.32. The van der Waals surface area contributed by atoms with Crippen molar-refractivity contribution < 1.29 is 9.53 Å². The number of ether oxygens (including phenoxy) is 1. The van der Waals surface area contributed by atoms with E-state index in [-0.39, 0.29) is 11.9 Å². The standard InChI is InChI=1S/C29H33ClN6O2/c1-5-35(4)11-9-19-13-23(22-7-8-27(32)34-28(22)30)21-10-12-36(29(37)24(21)14-19)18(3)25-15-26(38-6-2)20(16-31)17-33-25/h7-8,13-15,17-18H,5-6,9-12H2,1-4H3,(H2,32,34)/t18-/m0/s1. The van der Waals surface area contributed by atoms with Crippen LogP contribution >= 0.6 is 11.6 Å². The lowest BCUT2D eigenvalue weighted by Gasteiger charge is -2.35. The van der Waals surface area contributed by atoms with Gasteiger partial charge in [-0.3, -0.25) is 9.78 Å². The number of anilines is 1. The monoisotopic (exact) mass is 532 g/mol. The second-order valence-electron chi connectivity index (χ2n) is 9.46. The summed E-state index contributed by atoms with van der Waals surface area (Å²) in [7, 11) is 2.08. The first-order chi connectivity index (χ1) is 18.3. The molecule has 1 amide bonds. The van der Waals surface area contributed by atoms with E-state index in [9.17, 15) is 10.1 Å². The first-order valence-electron chi connectivity index (χ1n) is 12.9. The zero-order valence-corrected chi connectivity index (χ0v) is 23.0. The van der Waals surface area contributed by atoms with E-state index >= 15 is 0 Å². The van der Waals surface area contributed by atoms with E-state index in [1.54, 1.807) is 12.1 Å². The second-order valence-corrected chi connectivity index (χ2v) is 9.82. The van der Waals surface area contributed by atoms with Crippen LogP contribution in [0.5, 0.6) is 5.75 Å². The fourth-order valence-electron chi connectivity index (χ4n) is 4.76. The summed E-state index contributed by atoms with van der Waals surface area (Å²) in [5.74, 6) is 0.770. The van der Waals surface area contributed by atoms with Gasteiger partial charge in [-0.05, 0) is 75.2 Å². The molecule has 1 aliphatic rings. The highest BCUT2D eigenvalue weighted by atomic mass is 35.5. The van der Waals surface area contributed by atoms with E-state index in [1.165, 1.54) is 6.20 Å². The molecule has 198 valence electrons. The van der Waals surface area contributed by atoms with Gasteiger partial charge in [-0.1, -0.05) is 24.6 Å². The molecular weight excluding hydrogens is 500 g/mol. The van der Waals surface area contributed by atoms with Crippen LogP contribution in [0.4, 0.5) is 5.82 Å². The first-order valence-corrected chi connectivity index (χ1v) is 13.3. The van der Waals surface area contributed by atoms with Crippen LogP contribution in [0, 0.1) is 11.3 Å². The molecule has 0 saturated carbocycles. The van der Waals surface area contributed by atoms with Crippen LogP contribution in [0.2, 0.25) is 5.15 Å². The molecule has 9 heteroatoms. The van der Waals surface area contributed by atoms with Gasteiger partial charge >= 0.3 is 0 Å². The maximum atomic E-state index is 14.0. The number of hydrogen-bond donors (Lipinski definition) is 1. The maximum absolute atomic E-state index is 14.0. The number of nitrogens with two attached hydrogens (primary N) is 1. The molecule has 1 aromatic carbocycles. The van der Waals surface area contributed by atoms with Gasteiger partial charge in [-0.2, -0.15) is 5.26 Å². The Morgan fingerprint density at radius 3 is 2.68 bits per heavy atom. The maximum Gasteiger partial charge on any atom is 0.254 e. The molecule has 8 nitrogen and oxygen atoms in total. The molecular formula is C29H33ClN6O2. The van der Waals surface area contributed by atoms with E-state index in [0.29, 0.717) is 53.1 Å². The highest BCUT2D eigenvalue weighted by Gasteiger charge is 2.32. The van der Waals surface area contributed by atoms with Crippen molar-refractivity contribution >= 4 is 23.3 Å². The molecule has 0 fully saturated rings. The lowest BCUT2D eigenvalue weighted by molar-refractivity contribution is 0.0669. The SMILES string of the molecule is CCOc1cc([C@H](C)N2CCc3c(cc(CCN(C)CC)cc3-c3ccc(N)nc3Cl)C2=O)ncc1C#N. The zero-order valence-electron chi connectivity index (χ0n) is 22.3. The van der Waals surface area contributed by atoms with Gasteiger partial charge in [0.15, 0.2) is 0 Å². The van der Waals surface area contributed by atoms with Crippen molar-refractivity contribution in [2.45, 2.75) is 39.7 Å². The average molecular weight is 533 g/mol. The third kappa shape index (κ3) is 5.59. The number of likely N-dealkylation sites (N-methyl/N-ethyl adjacent to an activating group) is 1. The molecule has 0 spiro atoms. The first kappa shape index (κ1) is 27.4. The summed E-state index contributed by atoms with van der Waals surface area (Å²) >= 11 is 6.53. The molecule has 0 saturated heterocycles. The Kier molecular flexibility index (Phi) is 8.50. The average Bonchev–Trinajstić information content (AvgIpc) is 2.91. The summed E-state index contributed by atoms with van der Waals surface area (Å²) in [4.78, 5) is 26.8. The minimum atomic E-state index is -0.303. The smallest absolute Gasteiger partial charge is 0.254 e. The van der Waals surface area contributed by atoms with Crippen LogP contribution in [0.3, 0.4) is 0 Å². The van der Waals surface area contributed by atoms with Crippen molar-refractivity contribution in [1.29, 1.82) is 5.26 Å². The Morgan fingerprint density at radius 2 is 2.00 bits per heavy atom. The normalized spacial score (nSPS) is 13.8. The molecule has 1 atom stereocenters. The summed E-state index contributed by atoms with van der Waals surface area (Å²) in [6, 6.07) is 11.3. The topological polar surface area (TPSA) is 108 Å². The molecule has 0 bridgehead atoms. The zero-order chi connectivity index (χ0) is 27.4. The number of fused-ring (bicyclic) bond motifs is 1. The van der Waals surface area contributed by atoms with E-state index in [0.717, 1.165) is 41.8 Å². The summed E-state index contributed by atoms with van der Waals surface area (Å²) in [6.07, 6.45) is 2.96. The van der Waals surface area contributed by atoms with Gasteiger partial charge in [-0.15, -0.1) is 0 Å². The van der Waals surface area contributed by atoms with Crippen molar-refractivity contribution in [2.75, 3.05) is 39.0 Å². The van der Waals surface area contributed by atoms with Gasteiger partial charge in [0, 0.05) is 36.5 Å². The van der Waals surface area contributed by atoms with Gasteiger partial charge < -0.3 is 20.3 Å². The van der Waals surface area contributed by atoms with E-state index in [4.69, 9.17) is 22.1 Å². The molecule has 0 radical (unpaired) electrons. The Balaban J connectivity index is 1.74. The fraction of sp³-hybridized carbons (Fsp3) is 0.379. The number of benzene rings is 1. The van der Waals surface area contributed by atoms with Crippen molar-refractivity contribution in [3.8, 4) is 22.9 Å². The summed E-state index contributed by atoms with van der Waals surface area (Å²) in [6.45, 7) is 8.70. The van der Waals surface area contributed by atoms with Crippen LogP contribution in [0.25, 0.3) is 11.1 Å². The fourth-order valence-corrected chi connectivity index (χ4v) is 5.02. The van der Waals surface area contributed by atoms with Crippen molar-refractivity contribution in [3.05, 3.63) is 69.6 Å². The summed E-state index contributed by atoms with van der Waals surface area (Å²) in [5.41, 5.74) is 11.3. The van der Waals surface area contributed by atoms with Crippen LogP contribution < -0.4 is 10.5 Å². The predicted octanol–water partition coefficient (Wildman–Crippen LogP) is 4.90. The Morgan fingerprint density at radius 1 is 1.24 bits per heavy atom. The quantitative estimate of drug-likeness (QED) is 0.390. The number of pyridine rings is 2. The number of rotatable bonds is 9. The van der Waals surface area contributed by atoms with Crippen LogP contribution in [0.1, 0.15) is 59.6 Å². The Labute approximate surface area is 229 Å². The number of amides is 1. The number of hydrogen-bond acceptors (Lipinski definition) is 7. The van der Waals surface area contributed by atoms with Gasteiger partial charge in [0.2, 0.25) is 0 Å². The molecule has 0 aliphatic carbocycles. The van der Waals surface area contributed by atoms with E-state index in [1.807, 2.05) is 30.9 Å². The van der Waals surface area contributed by atoms with Gasteiger partial charge in [0.05, 0.1) is 18.3 Å². The van der Waals surface area contributed by atoms with Crippen molar-refractivity contribution in [3.63, 3.8) is 0 Å². The van der Waals surface area contributed by atoms with Gasteiger partial charge in [0.25, 0.3) is 5.91 Å². The number of carbonyl (C=O) groups excluding carboxylic acids is 1. The molecule has 4 rings (SSSR count). The Bertz CT molecular complexity index is 1390. The summed E-state index contributed by atoms with van der Waals surface area (Å²) in [5, 5.41) is 9.71. The minimum absolute atomic E-state index is 0.0608. The molecule has 3 aromatic rings. The van der Waals surface area contributed by atoms with Gasteiger partial charge in [-0.25, -0.2) is 4.98 Å². The molecule has 3 heterocycles. The van der Waals surface area contributed by atoms with Crippen LogP contribution in [0.15, 0.2) is 36.5 Å². The number of aromatic nitrogens is 2. The number of nitriles is 1. The lowest BCUT2D eigenvalue weighted by Crippen LogP contribution is -2.40. The predicted molar refractivity (Wildman–Crippen MR) is 149 cm³/mol. The van der Waals surface area contributed by atoms with E-state index in [2.05, 4.69) is 41.0 Å². The molecule has 0 unspecified atom stereocenters. The highest BCUT2D eigenvalue weighted by Crippen LogP contribution is 2.37. The van der Waals surface area contributed by atoms with Crippen LogP contribution in [-0.4, -0.2) is 59.0 Å². The number of nitrogens with zero attached hydrogens (tertiary/aromatic N) is 5. The second kappa shape index (κ2) is 11.8. The minimum Gasteiger partial charge on any atom is -0.492 e. The molecule has 38 heavy (non-hydrogen) atoms. The third-order valence-corrected chi connectivity index (χ3v) is 7.38. The van der Waals surface area contributed by atoms with Gasteiger partial charge in [0.1, 0.15) is 28.4 Å². The number of carbonyl (C=O) groups is 1. The molecule has 2 N–H and O–H groups in total. The van der Waals surface area contributed by atoms with Crippen molar-refractivity contribution in [1.82, 2.24) is 19.8 Å². The summed E-state index contributed by atoms with van der Waals surface area (Å²) < 4.78 is 5.65. The Hall–Kier alpha value is -3.67. The lowest BCUT2D eigenvalue weighted by atomic mass is 9.87. The van der Waals surface area contributed by atoms with E-state index < -0.39 is 0 Å².